The Bertz CT molecular complexity index is 684. The van der Waals surface area contributed by atoms with E-state index < -0.39 is 18.0 Å². The number of hydrogen-bond donors (Lipinski definition) is 2. The number of carbonyl (C=O) groups is 1. The van der Waals surface area contributed by atoms with Gasteiger partial charge in [-0.15, -0.1) is 13.2 Å². The summed E-state index contributed by atoms with van der Waals surface area (Å²) in [5, 5.41) is 0. The van der Waals surface area contributed by atoms with Crippen molar-refractivity contribution in [2.75, 3.05) is 5.73 Å². The Morgan fingerprint density at radius 1 is 1.05 bits per heavy atom. The summed E-state index contributed by atoms with van der Waals surface area (Å²) in [4.78, 5) is 11.4. The van der Waals surface area contributed by atoms with Crippen LogP contribution >= 0.6 is 0 Å². The number of carbonyl (C=O) groups excluding carboxylic acids is 1. The van der Waals surface area contributed by atoms with E-state index in [-0.39, 0.29) is 22.4 Å². The molecule has 2 aromatic carbocycles. The number of primary amides is 1. The second kappa shape index (κ2) is 5.35. The predicted octanol–water partition coefficient (Wildman–Crippen LogP) is 2.93. The Morgan fingerprint density at radius 3 is 2.33 bits per heavy atom. The van der Waals surface area contributed by atoms with Gasteiger partial charge in [-0.25, -0.2) is 0 Å². The molecule has 0 atom stereocenters. The molecule has 4 nitrogen and oxygen atoms in total. The highest BCUT2D eigenvalue weighted by Gasteiger charge is 2.32. The largest absolute Gasteiger partial charge is 0.573 e. The first kappa shape index (κ1) is 14.7. The van der Waals surface area contributed by atoms with E-state index in [1.807, 2.05) is 0 Å². The second-order valence-corrected chi connectivity index (χ2v) is 4.21. The van der Waals surface area contributed by atoms with Crippen molar-refractivity contribution in [3.05, 3.63) is 48.0 Å². The number of benzene rings is 2. The molecule has 0 heterocycles. The van der Waals surface area contributed by atoms with E-state index in [1.165, 1.54) is 36.4 Å². The summed E-state index contributed by atoms with van der Waals surface area (Å²) in [6, 6.07) is 9.68. The number of hydrogen-bond acceptors (Lipinski definition) is 3. The first-order chi connectivity index (χ1) is 9.78. The molecule has 7 heteroatoms. The maximum Gasteiger partial charge on any atom is 0.573 e. The highest BCUT2D eigenvalue weighted by Crippen LogP contribution is 2.35. The van der Waals surface area contributed by atoms with E-state index in [0.29, 0.717) is 0 Å². The number of nitrogens with two attached hydrogens (primary N) is 2. The molecule has 4 N–H and O–H groups in total. The number of amides is 1. The summed E-state index contributed by atoms with van der Waals surface area (Å²) in [6.45, 7) is 0. The molecule has 0 aliphatic heterocycles. The molecule has 2 aromatic rings. The van der Waals surface area contributed by atoms with Crippen molar-refractivity contribution < 1.29 is 22.7 Å². The fraction of sp³-hybridized carbons (Fsp3) is 0.0714. The van der Waals surface area contributed by atoms with Gasteiger partial charge in [-0.3, -0.25) is 4.79 Å². The van der Waals surface area contributed by atoms with Crippen LogP contribution < -0.4 is 16.2 Å². The molecule has 1 amide bonds. The molecule has 0 spiro atoms. The molecule has 0 aromatic heterocycles. The van der Waals surface area contributed by atoms with E-state index in [1.54, 1.807) is 0 Å². The number of nitrogen functional groups attached to an aromatic ring is 1. The zero-order chi connectivity index (χ0) is 15.6. The number of halogens is 3. The third-order valence-corrected chi connectivity index (χ3v) is 2.71. The lowest BCUT2D eigenvalue weighted by atomic mass is 9.98. The zero-order valence-corrected chi connectivity index (χ0v) is 10.6. The summed E-state index contributed by atoms with van der Waals surface area (Å²) in [5.41, 5.74) is 11.4. The van der Waals surface area contributed by atoms with E-state index in [9.17, 15) is 18.0 Å². The standard InChI is InChI=1S/C14H11F3N2O2/c15-14(16,17)21-12-4-2-1-3-10(12)9-6-5-8(18)7-11(9)13(19)20/h1-7H,18H2,(H2,19,20). The van der Waals surface area contributed by atoms with Crippen molar-refractivity contribution >= 4 is 11.6 Å². The summed E-state index contributed by atoms with van der Waals surface area (Å²) in [6.07, 6.45) is -4.84. The van der Waals surface area contributed by atoms with Crippen LogP contribution in [0.15, 0.2) is 42.5 Å². The molecular weight excluding hydrogens is 285 g/mol. The summed E-state index contributed by atoms with van der Waals surface area (Å²) in [5.74, 6) is -1.21. The molecule has 2 rings (SSSR count). The molecule has 110 valence electrons. The quantitative estimate of drug-likeness (QED) is 0.855. The van der Waals surface area contributed by atoms with Gasteiger partial charge < -0.3 is 16.2 Å². The normalized spacial score (nSPS) is 11.2. The minimum absolute atomic E-state index is 0.0215. The number of ether oxygens (including phenoxy) is 1. The maximum atomic E-state index is 12.4. The second-order valence-electron chi connectivity index (χ2n) is 4.21. The number of para-hydroxylation sites is 1. The molecule has 0 radical (unpaired) electrons. The van der Waals surface area contributed by atoms with Crippen LogP contribution in [0.4, 0.5) is 18.9 Å². The van der Waals surface area contributed by atoms with Gasteiger partial charge in [-0.2, -0.15) is 0 Å². The van der Waals surface area contributed by atoms with Crippen molar-refractivity contribution in [1.29, 1.82) is 0 Å². The summed E-state index contributed by atoms with van der Waals surface area (Å²) in [7, 11) is 0. The van der Waals surface area contributed by atoms with Crippen LogP contribution in [0, 0.1) is 0 Å². The van der Waals surface area contributed by atoms with Crippen LogP contribution in [0.2, 0.25) is 0 Å². The Morgan fingerprint density at radius 2 is 1.71 bits per heavy atom. The van der Waals surface area contributed by atoms with Gasteiger partial charge in [-0.05, 0) is 23.8 Å². The minimum atomic E-state index is -4.84. The van der Waals surface area contributed by atoms with Crippen molar-refractivity contribution in [3.63, 3.8) is 0 Å². The van der Waals surface area contributed by atoms with E-state index in [4.69, 9.17) is 11.5 Å². The van der Waals surface area contributed by atoms with E-state index in [0.717, 1.165) is 6.07 Å². The predicted molar refractivity (Wildman–Crippen MR) is 71.5 cm³/mol. The Kier molecular flexibility index (Phi) is 3.75. The maximum absolute atomic E-state index is 12.4. The van der Waals surface area contributed by atoms with Crippen molar-refractivity contribution in [2.45, 2.75) is 6.36 Å². The fourth-order valence-corrected chi connectivity index (χ4v) is 1.90. The molecular formula is C14H11F3N2O2. The van der Waals surface area contributed by atoms with Crippen LogP contribution in [-0.2, 0) is 0 Å². The zero-order valence-electron chi connectivity index (χ0n) is 10.6. The molecule has 0 saturated carbocycles. The van der Waals surface area contributed by atoms with E-state index >= 15 is 0 Å². The highest BCUT2D eigenvalue weighted by atomic mass is 19.4. The monoisotopic (exact) mass is 296 g/mol. The molecule has 21 heavy (non-hydrogen) atoms. The van der Waals surface area contributed by atoms with Crippen LogP contribution in [0.5, 0.6) is 5.75 Å². The summed E-state index contributed by atoms with van der Waals surface area (Å²) >= 11 is 0. The minimum Gasteiger partial charge on any atom is -0.405 e. The van der Waals surface area contributed by atoms with Crippen molar-refractivity contribution in [1.82, 2.24) is 0 Å². The first-order valence-corrected chi connectivity index (χ1v) is 5.82. The van der Waals surface area contributed by atoms with Gasteiger partial charge in [0, 0.05) is 16.8 Å². The van der Waals surface area contributed by atoms with Crippen LogP contribution in [0.25, 0.3) is 11.1 Å². The van der Waals surface area contributed by atoms with Gasteiger partial charge in [-0.1, -0.05) is 24.3 Å². The van der Waals surface area contributed by atoms with E-state index in [2.05, 4.69) is 4.74 Å². The lowest BCUT2D eigenvalue weighted by Crippen LogP contribution is -2.18. The Hall–Kier alpha value is -2.70. The first-order valence-electron chi connectivity index (χ1n) is 5.82. The molecule has 0 fully saturated rings. The lowest BCUT2D eigenvalue weighted by molar-refractivity contribution is -0.274. The third kappa shape index (κ3) is 3.44. The third-order valence-electron chi connectivity index (χ3n) is 2.71. The molecule has 0 saturated heterocycles. The Labute approximate surface area is 118 Å². The molecule has 0 bridgehead atoms. The van der Waals surface area contributed by atoms with Gasteiger partial charge in [0.15, 0.2) is 0 Å². The van der Waals surface area contributed by atoms with Gasteiger partial charge in [0.1, 0.15) is 5.75 Å². The van der Waals surface area contributed by atoms with Gasteiger partial charge in [0.2, 0.25) is 5.91 Å². The summed E-state index contributed by atoms with van der Waals surface area (Å²) < 4.78 is 41.2. The number of alkyl halides is 3. The van der Waals surface area contributed by atoms with Crippen LogP contribution in [0.1, 0.15) is 10.4 Å². The molecule has 0 aliphatic carbocycles. The van der Waals surface area contributed by atoms with Crippen molar-refractivity contribution in [2.24, 2.45) is 5.73 Å². The smallest absolute Gasteiger partial charge is 0.405 e. The molecule has 0 aliphatic rings. The lowest BCUT2D eigenvalue weighted by Gasteiger charge is -2.15. The van der Waals surface area contributed by atoms with Crippen molar-refractivity contribution in [3.8, 4) is 16.9 Å². The SMILES string of the molecule is NC(=O)c1cc(N)ccc1-c1ccccc1OC(F)(F)F. The number of anilines is 1. The average Bonchev–Trinajstić information content (AvgIpc) is 2.37. The van der Waals surface area contributed by atoms with Gasteiger partial charge >= 0.3 is 6.36 Å². The highest BCUT2D eigenvalue weighted by molar-refractivity contribution is 6.01. The van der Waals surface area contributed by atoms with Crippen LogP contribution in [0.3, 0.4) is 0 Å². The topological polar surface area (TPSA) is 78.3 Å². The van der Waals surface area contributed by atoms with Gasteiger partial charge in [0.05, 0.1) is 0 Å². The fourth-order valence-electron chi connectivity index (χ4n) is 1.90. The van der Waals surface area contributed by atoms with Crippen LogP contribution in [-0.4, -0.2) is 12.3 Å². The number of rotatable bonds is 3. The molecule has 0 unspecified atom stereocenters. The Balaban J connectivity index is 2.60. The van der Waals surface area contributed by atoms with Gasteiger partial charge in [0.25, 0.3) is 0 Å². The average molecular weight is 296 g/mol.